The van der Waals surface area contributed by atoms with Crippen LogP contribution in [0.1, 0.15) is 24.0 Å². The number of hydrogen-bond acceptors (Lipinski definition) is 9. The van der Waals surface area contributed by atoms with Crippen LogP contribution in [-0.4, -0.2) is 46.7 Å². The van der Waals surface area contributed by atoms with E-state index in [0.717, 1.165) is 0 Å². The van der Waals surface area contributed by atoms with E-state index in [1.165, 1.54) is 6.20 Å². The quantitative estimate of drug-likeness (QED) is 0.487. The molecule has 3 aromatic rings. The van der Waals surface area contributed by atoms with Crippen molar-refractivity contribution in [3.05, 3.63) is 41.6 Å². The number of pyridine rings is 1. The van der Waals surface area contributed by atoms with Crippen LogP contribution in [0.15, 0.2) is 30.5 Å². The molecule has 2 aromatic carbocycles. The molecule has 190 valence electrons. The van der Waals surface area contributed by atoms with Gasteiger partial charge in [0, 0.05) is 30.6 Å². The fourth-order valence-electron chi connectivity index (χ4n) is 4.27. The normalized spacial score (nSPS) is 17.4. The minimum absolute atomic E-state index is 0.0420. The maximum Gasteiger partial charge on any atom is 0.231 e. The summed E-state index contributed by atoms with van der Waals surface area (Å²) in [6.07, 6.45) is 2.65. The number of nitrogens with zero attached hydrogens (tertiary/aromatic N) is 2. The van der Waals surface area contributed by atoms with Crippen molar-refractivity contribution < 1.29 is 27.4 Å². The molecule has 0 radical (unpaired) electrons. The highest BCUT2D eigenvalue weighted by molar-refractivity contribution is 7.89. The number of methoxy groups -OCH3 is 2. The monoisotopic (exact) mass is 520 g/mol. The van der Waals surface area contributed by atoms with E-state index in [-0.39, 0.29) is 18.5 Å². The van der Waals surface area contributed by atoms with Gasteiger partial charge < -0.3 is 24.3 Å². The van der Waals surface area contributed by atoms with Crippen LogP contribution in [0.5, 0.6) is 23.0 Å². The van der Waals surface area contributed by atoms with Crippen LogP contribution < -0.4 is 29.0 Å². The summed E-state index contributed by atoms with van der Waals surface area (Å²) in [6.45, 7) is 0.440. The van der Waals surface area contributed by atoms with Gasteiger partial charge in [0.25, 0.3) is 0 Å². The highest BCUT2D eigenvalue weighted by Crippen LogP contribution is 2.44. The van der Waals surface area contributed by atoms with Gasteiger partial charge in [-0.2, -0.15) is 5.26 Å². The van der Waals surface area contributed by atoms with Gasteiger partial charge in [0.2, 0.25) is 16.8 Å². The van der Waals surface area contributed by atoms with Gasteiger partial charge >= 0.3 is 0 Å². The molecule has 2 aliphatic heterocycles. The predicted molar refractivity (Wildman–Crippen MR) is 137 cm³/mol. The van der Waals surface area contributed by atoms with Crippen LogP contribution >= 0.6 is 0 Å². The molecule has 0 saturated carbocycles. The maximum absolute atomic E-state index is 11.5. The van der Waals surface area contributed by atoms with Gasteiger partial charge in [0.05, 0.1) is 48.0 Å². The molecule has 37 heavy (non-hydrogen) atoms. The van der Waals surface area contributed by atoms with Crippen molar-refractivity contribution in [3.8, 4) is 40.9 Å². The maximum atomic E-state index is 11.5. The zero-order valence-electron chi connectivity index (χ0n) is 20.3. The van der Waals surface area contributed by atoms with Gasteiger partial charge in [-0.05, 0) is 30.5 Å². The Labute approximate surface area is 214 Å². The van der Waals surface area contributed by atoms with Crippen molar-refractivity contribution in [2.45, 2.75) is 12.8 Å². The average Bonchev–Trinajstić information content (AvgIpc) is 3.41. The van der Waals surface area contributed by atoms with Crippen LogP contribution in [0, 0.1) is 29.1 Å². The molecule has 5 rings (SSSR count). The van der Waals surface area contributed by atoms with E-state index in [2.05, 4.69) is 32.9 Å². The van der Waals surface area contributed by atoms with E-state index >= 15 is 0 Å². The lowest BCUT2D eigenvalue weighted by Crippen LogP contribution is -2.37. The molecule has 0 aliphatic carbocycles. The first-order chi connectivity index (χ1) is 17.9. The third kappa shape index (κ3) is 4.92. The minimum atomic E-state index is -3.14. The molecule has 2 aliphatic rings. The highest BCUT2D eigenvalue weighted by Gasteiger charge is 2.24. The Kier molecular flexibility index (Phi) is 6.66. The number of sulfonamides is 1. The van der Waals surface area contributed by atoms with E-state index in [1.807, 2.05) is 12.1 Å². The molecule has 1 atom stereocenters. The summed E-state index contributed by atoms with van der Waals surface area (Å²) in [6, 6.07) is 9.35. The number of hydrogen-bond donors (Lipinski definition) is 2. The zero-order valence-corrected chi connectivity index (χ0v) is 21.1. The van der Waals surface area contributed by atoms with E-state index in [4.69, 9.17) is 18.9 Å². The molecule has 0 amide bonds. The summed E-state index contributed by atoms with van der Waals surface area (Å²) in [4.78, 5) is 4.39. The fourth-order valence-corrected chi connectivity index (χ4v) is 5.55. The third-order valence-electron chi connectivity index (χ3n) is 6.27. The van der Waals surface area contributed by atoms with Gasteiger partial charge in [-0.15, -0.1) is 0 Å². The summed E-state index contributed by atoms with van der Waals surface area (Å²) in [7, 11) is -0.0428. The lowest BCUT2D eigenvalue weighted by atomic mass is 10.0. The van der Waals surface area contributed by atoms with Crippen molar-refractivity contribution in [1.29, 1.82) is 5.26 Å². The second kappa shape index (κ2) is 10.1. The Balaban J connectivity index is 1.45. The first-order valence-electron chi connectivity index (χ1n) is 11.5. The van der Waals surface area contributed by atoms with Gasteiger partial charge in [-0.25, -0.2) is 13.1 Å². The lowest BCUT2D eigenvalue weighted by Gasteiger charge is -2.20. The molecule has 1 aromatic heterocycles. The lowest BCUT2D eigenvalue weighted by molar-refractivity contribution is 0.174. The van der Waals surface area contributed by atoms with Crippen molar-refractivity contribution in [2.24, 2.45) is 5.92 Å². The van der Waals surface area contributed by atoms with Gasteiger partial charge in [-0.3, -0.25) is 4.98 Å². The van der Waals surface area contributed by atoms with Crippen LogP contribution in [0.4, 0.5) is 11.4 Å². The second-order valence-electron chi connectivity index (χ2n) is 8.56. The average molecular weight is 521 g/mol. The number of nitriles is 1. The summed E-state index contributed by atoms with van der Waals surface area (Å²) in [5.74, 6) is 8.62. The number of rotatable bonds is 5. The molecular formula is C26H24N4O6S. The fraction of sp³-hybridized carbons (Fsp3) is 0.308. The summed E-state index contributed by atoms with van der Waals surface area (Å²) < 4.78 is 48.0. The standard InChI is InChI=1S/C26H24N4O6S/c1-33-22-10-19-21(11-23(22)34-2)28-14-18(12-27)24(19)30-20-7-6-17(25-26(20)36-15-35-25)5-3-4-16-8-9-37(31,32)29-13-16/h6-7,10-11,14,16,29H,4,8-9,13,15H2,1-2H3,(H,28,30). The largest absolute Gasteiger partial charge is 0.493 e. The topological polar surface area (TPSA) is 132 Å². The number of nitrogens with one attached hydrogen (secondary N) is 2. The predicted octanol–water partition coefficient (Wildman–Crippen LogP) is 3.28. The third-order valence-corrected chi connectivity index (χ3v) is 7.65. The Morgan fingerprint density at radius 1 is 1.16 bits per heavy atom. The Morgan fingerprint density at radius 3 is 2.68 bits per heavy atom. The van der Waals surface area contributed by atoms with Crippen LogP contribution in [-0.2, 0) is 10.0 Å². The van der Waals surface area contributed by atoms with E-state index < -0.39 is 10.0 Å². The molecule has 10 nitrogen and oxygen atoms in total. The van der Waals surface area contributed by atoms with E-state index in [0.29, 0.717) is 75.8 Å². The summed E-state index contributed by atoms with van der Waals surface area (Å²) in [5.41, 5.74) is 2.80. The van der Waals surface area contributed by atoms with Crippen LogP contribution in [0.2, 0.25) is 0 Å². The molecular weight excluding hydrogens is 496 g/mol. The van der Waals surface area contributed by atoms with Crippen molar-refractivity contribution in [3.63, 3.8) is 0 Å². The summed E-state index contributed by atoms with van der Waals surface area (Å²) >= 11 is 0. The van der Waals surface area contributed by atoms with Crippen molar-refractivity contribution in [2.75, 3.05) is 38.6 Å². The number of ether oxygens (including phenoxy) is 4. The van der Waals surface area contributed by atoms with Crippen LogP contribution in [0.25, 0.3) is 10.9 Å². The smallest absolute Gasteiger partial charge is 0.231 e. The minimum Gasteiger partial charge on any atom is -0.493 e. The number of fused-ring (bicyclic) bond motifs is 2. The molecule has 1 unspecified atom stereocenters. The van der Waals surface area contributed by atoms with Crippen molar-refractivity contribution >= 4 is 32.3 Å². The first-order valence-corrected chi connectivity index (χ1v) is 13.2. The number of anilines is 2. The van der Waals surface area contributed by atoms with Gasteiger partial charge in [0.1, 0.15) is 6.07 Å². The van der Waals surface area contributed by atoms with Gasteiger partial charge in [-0.1, -0.05) is 11.8 Å². The van der Waals surface area contributed by atoms with E-state index in [1.54, 1.807) is 26.4 Å². The SMILES string of the molecule is COc1cc2ncc(C#N)c(Nc3ccc(C#CCC4CCS(=O)(=O)NC4)c4c3OCO4)c2cc1OC. The molecule has 1 fully saturated rings. The number of aromatic nitrogens is 1. The number of benzene rings is 2. The van der Waals surface area contributed by atoms with Crippen LogP contribution in [0.3, 0.4) is 0 Å². The molecule has 2 N–H and O–H groups in total. The molecule has 0 spiro atoms. The van der Waals surface area contributed by atoms with E-state index in [9.17, 15) is 13.7 Å². The highest BCUT2D eigenvalue weighted by atomic mass is 32.2. The Hall–Kier alpha value is -4.19. The van der Waals surface area contributed by atoms with Gasteiger partial charge in [0.15, 0.2) is 23.0 Å². The Morgan fingerprint density at radius 2 is 1.95 bits per heavy atom. The second-order valence-corrected chi connectivity index (χ2v) is 10.5. The molecule has 3 heterocycles. The molecule has 1 saturated heterocycles. The Bertz CT molecular complexity index is 1570. The summed E-state index contributed by atoms with van der Waals surface area (Å²) in [5, 5.41) is 13.8. The molecule has 11 heteroatoms. The first kappa shape index (κ1) is 24.5. The van der Waals surface area contributed by atoms with Crippen molar-refractivity contribution in [1.82, 2.24) is 9.71 Å². The molecule has 0 bridgehead atoms. The zero-order chi connectivity index (χ0) is 26.0.